The van der Waals surface area contributed by atoms with Crippen molar-refractivity contribution in [2.24, 2.45) is 0 Å². The molecule has 0 aliphatic carbocycles. The van der Waals surface area contributed by atoms with Gasteiger partial charge in [-0.2, -0.15) is 0 Å². The van der Waals surface area contributed by atoms with Gasteiger partial charge in [0.25, 0.3) is 0 Å². The van der Waals surface area contributed by atoms with Crippen LogP contribution >= 0.6 is 0 Å². The zero-order chi connectivity index (χ0) is 16.5. The summed E-state index contributed by atoms with van der Waals surface area (Å²) in [5.41, 5.74) is 1.04. The Kier molecular flexibility index (Phi) is 5.93. The predicted molar refractivity (Wildman–Crippen MR) is 84.3 cm³/mol. The van der Waals surface area contributed by atoms with Crippen molar-refractivity contribution in [3.8, 4) is 0 Å². The molecule has 0 radical (unpaired) electrons. The summed E-state index contributed by atoms with van der Waals surface area (Å²) in [6.45, 7) is 1.02. The van der Waals surface area contributed by atoms with Crippen molar-refractivity contribution in [1.29, 1.82) is 0 Å². The molecular weight excluding hydrogens is 298 g/mol. The Morgan fingerprint density at radius 1 is 1.09 bits per heavy atom. The van der Waals surface area contributed by atoms with Crippen LogP contribution in [0.25, 0.3) is 0 Å². The molecule has 0 unspecified atom stereocenters. The Hall–Kier alpha value is -3.09. The maximum absolute atomic E-state index is 11.5. The number of amides is 1. The van der Waals surface area contributed by atoms with E-state index in [2.05, 4.69) is 15.6 Å². The molecule has 3 N–H and O–H groups in total. The van der Waals surface area contributed by atoms with Gasteiger partial charge in [-0.25, -0.2) is 14.6 Å². The molecule has 0 spiro atoms. The highest BCUT2D eigenvalue weighted by Crippen LogP contribution is 2.04. The van der Waals surface area contributed by atoms with Crippen LogP contribution in [0.4, 0.5) is 10.6 Å². The summed E-state index contributed by atoms with van der Waals surface area (Å²) < 4.78 is 5.06. The molecule has 0 atom stereocenters. The number of aromatic nitrogens is 1. The zero-order valence-electron chi connectivity index (χ0n) is 12.4. The first kappa shape index (κ1) is 16.3. The van der Waals surface area contributed by atoms with Crippen LogP contribution in [0.1, 0.15) is 15.9 Å². The van der Waals surface area contributed by atoms with Gasteiger partial charge in [0.05, 0.1) is 5.56 Å². The van der Waals surface area contributed by atoms with Crippen LogP contribution in [0.3, 0.4) is 0 Å². The molecule has 1 amide bonds. The number of nitrogens with zero attached hydrogens (tertiary/aromatic N) is 1. The van der Waals surface area contributed by atoms with Crippen LogP contribution in [-0.2, 0) is 11.3 Å². The van der Waals surface area contributed by atoms with Crippen LogP contribution in [-0.4, -0.2) is 35.2 Å². The van der Waals surface area contributed by atoms with Gasteiger partial charge in [-0.15, -0.1) is 0 Å². The lowest BCUT2D eigenvalue weighted by Gasteiger charge is -2.08. The van der Waals surface area contributed by atoms with Gasteiger partial charge in [0.2, 0.25) is 0 Å². The Bertz CT molecular complexity index is 644. The molecule has 1 aromatic carbocycles. The largest absolute Gasteiger partial charge is 0.478 e. The standard InChI is InChI=1S/C16H17N3O4/c20-15(21)13-6-7-14(19-10-13)17-8-9-18-16(22)23-11-12-4-2-1-3-5-12/h1-7,10H,8-9,11H2,(H,17,19)(H,18,22)(H,20,21). The molecule has 1 aromatic heterocycles. The number of carbonyl (C=O) groups is 2. The first-order valence-electron chi connectivity index (χ1n) is 7.03. The molecule has 0 saturated carbocycles. The highest BCUT2D eigenvalue weighted by molar-refractivity contribution is 5.87. The van der Waals surface area contributed by atoms with Gasteiger partial charge < -0.3 is 20.5 Å². The van der Waals surface area contributed by atoms with E-state index in [0.29, 0.717) is 18.9 Å². The number of carboxylic acid groups (broad SMARTS) is 1. The molecule has 1 heterocycles. The second kappa shape index (κ2) is 8.38. The van der Waals surface area contributed by atoms with Crippen LogP contribution in [0, 0.1) is 0 Å². The topological polar surface area (TPSA) is 101 Å². The van der Waals surface area contributed by atoms with E-state index in [1.165, 1.54) is 12.3 Å². The van der Waals surface area contributed by atoms with Crippen molar-refractivity contribution in [1.82, 2.24) is 10.3 Å². The maximum Gasteiger partial charge on any atom is 0.407 e. The predicted octanol–water partition coefficient (Wildman–Crippen LogP) is 2.12. The van der Waals surface area contributed by atoms with Crippen molar-refractivity contribution < 1.29 is 19.4 Å². The SMILES string of the molecule is O=C(NCCNc1ccc(C(=O)O)cn1)OCc1ccccc1. The van der Waals surface area contributed by atoms with E-state index < -0.39 is 12.1 Å². The van der Waals surface area contributed by atoms with Crippen molar-refractivity contribution in [2.45, 2.75) is 6.61 Å². The summed E-state index contributed by atoms with van der Waals surface area (Å²) in [5.74, 6) is -0.485. The summed E-state index contributed by atoms with van der Waals surface area (Å²) in [6.07, 6.45) is 0.775. The molecule has 0 fully saturated rings. The van der Waals surface area contributed by atoms with Crippen molar-refractivity contribution in [2.75, 3.05) is 18.4 Å². The lowest BCUT2D eigenvalue weighted by atomic mass is 10.2. The molecular formula is C16H17N3O4. The number of carboxylic acids is 1. The third kappa shape index (κ3) is 5.66. The monoisotopic (exact) mass is 315 g/mol. The number of hydrogen-bond acceptors (Lipinski definition) is 5. The molecule has 7 nitrogen and oxygen atoms in total. The third-order valence-corrected chi connectivity index (χ3v) is 2.92. The average Bonchev–Trinajstić information content (AvgIpc) is 2.58. The highest BCUT2D eigenvalue weighted by atomic mass is 16.5. The quantitative estimate of drug-likeness (QED) is 0.677. The number of rotatable bonds is 7. The molecule has 0 saturated heterocycles. The van der Waals surface area contributed by atoms with Crippen LogP contribution in [0.2, 0.25) is 0 Å². The molecule has 23 heavy (non-hydrogen) atoms. The zero-order valence-corrected chi connectivity index (χ0v) is 12.4. The lowest BCUT2D eigenvalue weighted by Crippen LogP contribution is -2.29. The number of ether oxygens (including phenoxy) is 1. The fourth-order valence-electron chi connectivity index (χ4n) is 1.75. The molecule has 2 rings (SSSR count). The van der Waals surface area contributed by atoms with Gasteiger partial charge >= 0.3 is 12.1 Å². The van der Waals surface area contributed by atoms with E-state index in [4.69, 9.17) is 9.84 Å². The Morgan fingerprint density at radius 2 is 1.87 bits per heavy atom. The molecule has 0 bridgehead atoms. The van der Waals surface area contributed by atoms with E-state index >= 15 is 0 Å². The fraction of sp³-hybridized carbons (Fsp3) is 0.188. The van der Waals surface area contributed by atoms with E-state index in [0.717, 1.165) is 5.56 Å². The number of pyridine rings is 1. The Labute approximate surface area is 133 Å². The summed E-state index contributed by atoms with van der Waals surface area (Å²) in [7, 11) is 0. The van der Waals surface area contributed by atoms with Gasteiger partial charge in [0, 0.05) is 19.3 Å². The number of benzene rings is 1. The molecule has 0 aliphatic rings. The normalized spacial score (nSPS) is 9.91. The van der Waals surface area contributed by atoms with Crippen molar-refractivity contribution in [3.63, 3.8) is 0 Å². The van der Waals surface area contributed by atoms with Gasteiger partial charge in [0.1, 0.15) is 12.4 Å². The second-order valence-corrected chi connectivity index (χ2v) is 4.65. The number of nitrogens with one attached hydrogen (secondary N) is 2. The highest BCUT2D eigenvalue weighted by Gasteiger charge is 2.03. The van der Waals surface area contributed by atoms with E-state index in [1.54, 1.807) is 6.07 Å². The summed E-state index contributed by atoms with van der Waals surface area (Å²) in [5, 5.41) is 14.3. The van der Waals surface area contributed by atoms with Gasteiger partial charge in [-0.05, 0) is 17.7 Å². The molecule has 0 aliphatic heterocycles. The summed E-state index contributed by atoms with van der Waals surface area (Å²) in [6, 6.07) is 12.4. The van der Waals surface area contributed by atoms with E-state index in [9.17, 15) is 9.59 Å². The third-order valence-electron chi connectivity index (χ3n) is 2.92. The Morgan fingerprint density at radius 3 is 2.52 bits per heavy atom. The van der Waals surface area contributed by atoms with E-state index in [1.807, 2.05) is 30.3 Å². The first-order chi connectivity index (χ1) is 11.1. The van der Waals surface area contributed by atoms with E-state index in [-0.39, 0.29) is 12.2 Å². The summed E-state index contributed by atoms with van der Waals surface area (Å²) >= 11 is 0. The number of carbonyl (C=O) groups excluding carboxylic acids is 1. The van der Waals surface area contributed by atoms with Gasteiger partial charge in [-0.1, -0.05) is 30.3 Å². The first-order valence-corrected chi connectivity index (χ1v) is 7.03. The minimum atomic E-state index is -1.02. The molecule has 7 heteroatoms. The number of anilines is 1. The number of hydrogen-bond donors (Lipinski definition) is 3. The smallest absolute Gasteiger partial charge is 0.407 e. The minimum Gasteiger partial charge on any atom is -0.478 e. The summed E-state index contributed by atoms with van der Waals surface area (Å²) in [4.78, 5) is 26.2. The van der Waals surface area contributed by atoms with Crippen LogP contribution in [0.15, 0.2) is 48.7 Å². The van der Waals surface area contributed by atoms with Crippen molar-refractivity contribution >= 4 is 17.9 Å². The lowest BCUT2D eigenvalue weighted by molar-refractivity contribution is 0.0696. The van der Waals surface area contributed by atoms with Crippen LogP contribution < -0.4 is 10.6 Å². The average molecular weight is 315 g/mol. The number of aromatic carboxylic acids is 1. The Balaban J connectivity index is 1.63. The molecule has 2 aromatic rings. The van der Waals surface area contributed by atoms with Crippen molar-refractivity contribution in [3.05, 3.63) is 59.8 Å². The second-order valence-electron chi connectivity index (χ2n) is 4.65. The van der Waals surface area contributed by atoms with Gasteiger partial charge in [-0.3, -0.25) is 0 Å². The number of alkyl carbamates (subject to hydrolysis) is 1. The van der Waals surface area contributed by atoms with Gasteiger partial charge in [0.15, 0.2) is 0 Å². The molecule has 120 valence electrons. The minimum absolute atomic E-state index is 0.123. The van der Waals surface area contributed by atoms with Crippen LogP contribution in [0.5, 0.6) is 0 Å². The fourth-order valence-corrected chi connectivity index (χ4v) is 1.75. The maximum atomic E-state index is 11.5.